The number of nitrogens with one attached hydrogen (secondary N) is 1. The number of fused-ring (bicyclic) bond motifs is 2. The normalized spacial score (nSPS) is 26.6. The molecule has 0 saturated carbocycles. The van der Waals surface area contributed by atoms with Gasteiger partial charge in [-0.1, -0.05) is 36.4 Å². The van der Waals surface area contributed by atoms with Gasteiger partial charge in [-0.15, -0.1) is 0 Å². The van der Waals surface area contributed by atoms with Crippen LogP contribution in [0.5, 0.6) is 0 Å². The fourth-order valence-electron chi connectivity index (χ4n) is 3.73. The molecule has 2 aromatic rings. The Morgan fingerprint density at radius 3 is 2.84 bits per heavy atom. The number of anilines is 1. The molecule has 2 unspecified atom stereocenters. The fourth-order valence-corrected chi connectivity index (χ4v) is 3.73. The van der Waals surface area contributed by atoms with Gasteiger partial charge in [-0.3, -0.25) is 0 Å². The van der Waals surface area contributed by atoms with Gasteiger partial charge in [0, 0.05) is 30.2 Å². The summed E-state index contributed by atoms with van der Waals surface area (Å²) < 4.78 is 0. The third-order valence-electron chi connectivity index (χ3n) is 4.71. The van der Waals surface area contributed by atoms with E-state index >= 15 is 0 Å². The molecule has 0 aromatic heterocycles. The summed E-state index contributed by atoms with van der Waals surface area (Å²) >= 11 is 0. The Bertz CT molecular complexity index is 573. The molecule has 0 aliphatic carbocycles. The number of nitrogens with zero attached hydrogens (tertiary/aromatic N) is 1. The standard InChI is InChI=1S/C17H20N2/c1-2-8-15-13(5-1)6-3-9-17(15)19-11-14-7-4-10-18-16(14)12-19/h1-3,5-6,8-9,14,16,18H,4,7,10-12H2. The van der Waals surface area contributed by atoms with Gasteiger partial charge < -0.3 is 10.2 Å². The highest BCUT2D eigenvalue weighted by Gasteiger charge is 2.34. The lowest BCUT2D eigenvalue weighted by Crippen LogP contribution is -2.40. The summed E-state index contributed by atoms with van der Waals surface area (Å²) in [5.41, 5.74) is 1.41. The van der Waals surface area contributed by atoms with Crippen LogP contribution >= 0.6 is 0 Å². The Kier molecular flexibility index (Phi) is 2.70. The van der Waals surface area contributed by atoms with E-state index in [0.717, 1.165) is 5.92 Å². The van der Waals surface area contributed by atoms with Crippen LogP contribution in [-0.4, -0.2) is 25.7 Å². The summed E-state index contributed by atoms with van der Waals surface area (Å²) in [6, 6.07) is 16.1. The average Bonchev–Trinajstić information content (AvgIpc) is 2.90. The van der Waals surface area contributed by atoms with Gasteiger partial charge in [0.2, 0.25) is 0 Å². The first-order valence-corrected chi connectivity index (χ1v) is 7.38. The van der Waals surface area contributed by atoms with Crippen molar-refractivity contribution in [2.24, 2.45) is 5.92 Å². The van der Waals surface area contributed by atoms with Crippen LogP contribution in [0.3, 0.4) is 0 Å². The zero-order chi connectivity index (χ0) is 12.7. The number of piperidine rings is 1. The zero-order valence-electron chi connectivity index (χ0n) is 11.2. The van der Waals surface area contributed by atoms with Crippen LogP contribution in [0.25, 0.3) is 10.8 Å². The quantitative estimate of drug-likeness (QED) is 0.839. The SMILES string of the molecule is c1ccc2c(N3CC4CCCNC4C3)cccc2c1. The average molecular weight is 252 g/mol. The van der Waals surface area contributed by atoms with Gasteiger partial charge in [0.05, 0.1) is 0 Å². The number of benzene rings is 2. The Hall–Kier alpha value is -1.54. The van der Waals surface area contributed by atoms with Crippen molar-refractivity contribution in [3.05, 3.63) is 42.5 Å². The van der Waals surface area contributed by atoms with Crippen molar-refractivity contribution in [3.63, 3.8) is 0 Å². The summed E-state index contributed by atoms with van der Waals surface area (Å²) in [6.07, 6.45) is 2.73. The maximum atomic E-state index is 3.69. The highest BCUT2D eigenvalue weighted by atomic mass is 15.2. The molecular formula is C17H20N2. The molecule has 0 bridgehead atoms. The Morgan fingerprint density at radius 1 is 1.00 bits per heavy atom. The molecule has 0 spiro atoms. The molecule has 2 heteroatoms. The lowest BCUT2D eigenvalue weighted by Gasteiger charge is -2.24. The van der Waals surface area contributed by atoms with Gasteiger partial charge in [-0.25, -0.2) is 0 Å². The molecule has 2 saturated heterocycles. The van der Waals surface area contributed by atoms with E-state index in [-0.39, 0.29) is 0 Å². The van der Waals surface area contributed by atoms with Gasteiger partial charge in [-0.05, 0) is 36.8 Å². The fraction of sp³-hybridized carbons (Fsp3) is 0.412. The van der Waals surface area contributed by atoms with Crippen LogP contribution in [-0.2, 0) is 0 Å². The molecule has 2 aliphatic heterocycles. The van der Waals surface area contributed by atoms with E-state index < -0.39 is 0 Å². The summed E-state index contributed by atoms with van der Waals surface area (Å²) in [4.78, 5) is 2.58. The molecule has 2 aliphatic rings. The van der Waals surface area contributed by atoms with Crippen molar-refractivity contribution >= 4 is 16.5 Å². The summed E-state index contributed by atoms with van der Waals surface area (Å²) in [5, 5.41) is 6.43. The zero-order valence-corrected chi connectivity index (χ0v) is 11.2. The van der Waals surface area contributed by atoms with Crippen molar-refractivity contribution in [2.75, 3.05) is 24.5 Å². The van der Waals surface area contributed by atoms with Gasteiger partial charge in [0.15, 0.2) is 0 Å². The molecule has 19 heavy (non-hydrogen) atoms. The molecule has 2 fully saturated rings. The lowest BCUT2D eigenvalue weighted by atomic mass is 9.94. The summed E-state index contributed by atoms with van der Waals surface area (Å²) in [5.74, 6) is 0.840. The topological polar surface area (TPSA) is 15.3 Å². The minimum Gasteiger partial charge on any atom is -0.369 e. The van der Waals surface area contributed by atoms with Crippen LogP contribution in [0.1, 0.15) is 12.8 Å². The third kappa shape index (κ3) is 1.91. The van der Waals surface area contributed by atoms with E-state index in [1.807, 2.05) is 0 Å². The van der Waals surface area contributed by atoms with E-state index in [9.17, 15) is 0 Å². The van der Waals surface area contributed by atoms with E-state index in [1.54, 1.807) is 0 Å². The predicted octanol–water partition coefficient (Wildman–Crippen LogP) is 3.03. The van der Waals surface area contributed by atoms with Crippen LogP contribution in [0.4, 0.5) is 5.69 Å². The second-order valence-corrected chi connectivity index (χ2v) is 5.87. The molecule has 2 atom stereocenters. The number of rotatable bonds is 1. The van der Waals surface area contributed by atoms with E-state index in [4.69, 9.17) is 0 Å². The third-order valence-corrected chi connectivity index (χ3v) is 4.71. The molecule has 98 valence electrons. The first-order chi connectivity index (χ1) is 9.42. The molecular weight excluding hydrogens is 232 g/mol. The highest BCUT2D eigenvalue weighted by molar-refractivity contribution is 5.94. The largest absolute Gasteiger partial charge is 0.369 e. The van der Waals surface area contributed by atoms with Gasteiger partial charge in [0.1, 0.15) is 0 Å². The molecule has 2 nitrogen and oxygen atoms in total. The van der Waals surface area contributed by atoms with Crippen LogP contribution in [0.15, 0.2) is 42.5 Å². The van der Waals surface area contributed by atoms with Crippen molar-refractivity contribution < 1.29 is 0 Å². The van der Waals surface area contributed by atoms with Crippen LogP contribution in [0, 0.1) is 5.92 Å². The predicted molar refractivity (Wildman–Crippen MR) is 80.7 cm³/mol. The maximum absolute atomic E-state index is 3.69. The maximum Gasteiger partial charge on any atom is 0.0446 e. The van der Waals surface area contributed by atoms with E-state index in [1.165, 1.54) is 48.9 Å². The van der Waals surface area contributed by atoms with E-state index in [0.29, 0.717) is 6.04 Å². The van der Waals surface area contributed by atoms with E-state index in [2.05, 4.69) is 52.7 Å². The second-order valence-electron chi connectivity index (χ2n) is 5.87. The van der Waals surface area contributed by atoms with Gasteiger partial charge in [-0.2, -0.15) is 0 Å². The smallest absolute Gasteiger partial charge is 0.0446 e. The van der Waals surface area contributed by atoms with Crippen LogP contribution in [0.2, 0.25) is 0 Å². The minimum absolute atomic E-state index is 0.702. The Morgan fingerprint density at radius 2 is 1.89 bits per heavy atom. The first kappa shape index (κ1) is 11.3. The van der Waals surface area contributed by atoms with Gasteiger partial charge in [0.25, 0.3) is 0 Å². The molecule has 0 radical (unpaired) electrons. The summed E-state index contributed by atoms with van der Waals surface area (Å²) in [7, 11) is 0. The molecule has 0 amide bonds. The highest BCUT2D eigenvalue weighted by Crippen LogP contribution is 2.33. The molecule has 1 N–H and O–H groups in total. The lowest BCUT2D eigenvalue weighted by molar-refractivity contribution is 0.340. The molecule has 2 aromatic carbocycles. The molecule has 4 rings (SSSR count). The number of hydrogen-bond donors (Lipinski definition) is 1. The Labute approximate surface area is 114 Å². The minimum atomic E-state index is 0.702. The summed E-state index contributed by atoms with van der Waals surface area (Å²) in [6.45, 7) is 3.58. The monoisotopic (exact) mass is 252 g/mol. The van der Waals surface area contributed by atoms with Crippen molar-refractivity contribution in [3.8, 4) is 0 Å². The van der Waals surface area contributed by atoms with Crippen molar-refractivity contribution in [2.45, 2.75) is 18.9 Å². The molecule has 2 heterocycles. The van der Waals surface area contributed by atoms with Gasteiger partial charge >= 0.3 is 0 Å². The Balaban J connectivity index is 1.71. The van der Waals surface area contributed by atoms with Crippen LogP contribution < -0.4 is 10.2 Å². The second kappa shape index (κ2) is 4.53. The van der Waals surface area contributed by atoms with Crippen molar-refractivity contribution in [1.29, 1.82) is 0 Å². The van der Waals surface area contributed by atoms with Crippen molar-refractivity contribution in [1.82, 2.24) is 5.32 Å². The first-order valence-electron chi connectivity index (χ1n) is 7.38. The number of hydrogen-bond acceptors (Lipinski definition) is 2.